The van der Waals surface area contributed by atoms with Crippen molar-refractivity contribution in [3.05, 3.63) is 5.01 Å². The van der Waals surface area contributed by atoms with E-state index in [0.717, 1.165) is 11.4 Å². The Balaban J connectivity index is 2.72. The number of carbonyl (C=O) groups is 2. The standard InChI is InChI=1S/C12H19N3O4S/c1-3-9-13-14-12(20-9)15(6-4-5-10(16)17)7-8(2)11(18)19/h8H,3-7H2,1-2H3,(H,16,17)(H,18,19). The summed E-state index contributed by atoms with van der Waals surface area (Å²) < 4.78 is 0. The molecule has 1 atom stereocenters. The van der Waals surface area contributed by atoms with Crippen molar-refractivity contribution in [2.24, 2.45) is 5.92 Å². The molecule has 0 radical (unpaired) electrons. The zero-order chi connectivity index (χ0) is 15.1. The lowest BCUT2D eigenvalue weighted by Crippen LogP contribution is -2.33. The molecule has 1 rings (SSSR count). The van der Waals surface area contributed by atoms with E-state index >= 15 is 0 Å². The molecular formula is C12H19N3O4S. The average molecular weight is 301 g/mol. The smallest absolute Gasteiger partial charge is 0.308 e. The van der Waals surface area contributed by atoms with Crippen molar-refractivity contribution >= 4 is 28.4 Å². The highest BCUT2D eigenvalue weighted by Crippen LogP contribution is 2.22. The molecule has 0 aliphatic rings. The van der Waals surface area contributed by atoms with Gasteiger partial charge < -0.3 is 15.1 Å². The number of carboxylic acids is 2. The maximum atomic E-state index is 11.0. The van der Waals surface area contributed by atoms with E-state index in [0.29, 0.717) is 24.6 Å². The lowest BCUT2D eigenvalue weighted by molar-refractivity contribution is -0.141. The van der Waals surface area contributed by atoms with Crippen molar-refractivity contribution in [1.29, 1.82) is 0 Å². The van der Waals surface area contributed by atoms with Crippen LogP contribution in [-0.2, 0) is 16.0 Å². The van der Waals surface area contributed by atoms with Gasteiger partial charge in [-0.2, -0.15) is 0 Å². The van der Waals surface area contributed by atoms with Gasteiger partial charge in [-0.05, 0) is 12.8 Å². The largest absolute Gasteiger partial charge is 0.481 e. The molecule has 0 aliphatic heterocycles. The summed E-state index contributed by atoms with van der Waals surface area (Å²) in [5.41, 5.74) is 0. The molecule has 8 heteroatoms. The number of aryl methyl sites for hydroxylation is 1. The van der Waals surface area contributed by atoms with Gasteiger partial charge in [0.05, 0.1) is 5.92 Å². The summed E-state index contributed by atoms with van der Waals surface area (Å²) in [5.74, 6) is -2.29. The molecule has 0 saturated heterocycles. The minimum atomic E-state index is -0.881. The minimum absolute atomic E-state index is 0.0530. The van der Waals surface area contributed by atoms with Gasteiger partial charge in [-0.25, -0.2) is 0 Å². The molecule has 20 heavy (non-hydrogen) atoms. The highest BCUT2D eigenvalue weighted by Gasteiger charge is 2.19. The molecule has 0 fully saturated rings. The molecule has 1 heterocycles. The average Bonchev–Trinajstić information content (AvgIpc) is 2.85. The van der Waals surface area contributed by atoms with Gasteiger partial charge in [-0.15, -0.1) is 10.2 Å². The van der Waals surface area contributed by atoms with E-state index in [1.165, 1.54) is 11.3 Å². The van der Waals surface area contributed by atoms with E-state index in [1.807, 2.05) is 6.92 Å². The Morgan fingerprint density at radius 2 is 2.05 bits per heavy atom. The summed E-state index contributed by atoms with van der Waals surface area (Å²) in [4.78, 5) is 23.3. The van der Waals surface area contributed by atoms with E-state index in [9.17, 15) is 9.59 Å². The summed E-state index contributed by atoms with van der Waals surface area (Å²) in [6.07, 6.45) is 1.27. The zero-order valence-corrected chi connectivity index (χ0v) is 12.4. The normalized spacial score (nSPS) is 12.1. The zero-order valence-electron chi connectivity index (χ0n) is 11.6. The summed E-state index contributed by atoms with van der Waals surface area (Å²) in [6.45, 7) is 4.35. The Hall–Kier alpha value is -1.70. The van der Waals surface area contributed by atoms with Crippen LogP contribution in [0.3, 0.4) is 0 Å². The quantitative estimate of drug-likeness (QED) is 0.712. The molecule has 0 amide bonds. The molecule has 7 nitrogen and oxygen atoms in total. The van der Waals surface area contributed by atoms with Crippen LogP contribution >= 0.6 is 11.3 Å². The third-order valence-corrected chi connectivity index (χ3v) is 3.89. The number of rotatable bonds is 9. The number of carboxylic acid groups (broad SMARTS) is 2. The first-order valence-electron chi connectivity index (χ1n) is 6.46. The van der Waals surface area contributed by atoms with E-state index < -0.39 is 17.9 Å². The Kier molecular flexibility index (Phi) is 6.37. The van der Waals surface area contributed by atoms with Crippen LogP contribution in [0.15, 0.2) is 0 Å². The van der Waals surface area contributed by atoms with Crippen LogP contribution in [0.25, 0.3) is 0 Å². The molecule has 0 saturated carbocycles. The first-order valence-corrected chi connectivity index (χ1v) is 7.27. The van der Waals surface area contributed by atoms with E-state index in [2.05, 4.69) is 10.2 Å². The molecule has 1 aromatic heterocycles. The highest BCUT2D eigenvalue weighted by atomic mass is 32.1. The second-order valence-corrected chi connectivity index (χ2v) is 5.56. The first kappa shape index (κ1) is 16.4. The molecular weight excluding hydrogens is 282 g/mol. The van der Waals surface area contributed by atoms with Gasteiger partial charge >= 0.3 is 11.9 Å². The Labute approximate surface area is 121 Å². The number of nitrogens with zero attached hydrogens (tertiary/aromatic N) is 3. The monoisotopic (exact) mass is 301 g/mol. The third-order valence-electron chi connectivity index (χ3n) is 2.76. The van der Waals surface area contributed by atoms with Crippen LogP contribution < -0.4 is 4.90 Å². The molecule has 0 bridgehead atoms. The van der Waals surface area contributed by atoms with Crippen LogP contribution in [0.1, 0.15) is 31.7 Å². The van der Waals surface area contributed by atoms with Gasteiger partial charge in [0.1, 0.15) is 5.01 Å². The lowest BCUT2D eigenvalue weighted by atomic mass is 10.1. The maximum absolute atomic E-state index is 11.0. The molecule has 0 aliphatic carbocycles. The second-order valence-electron chi connectivity index (χ2n) is 4.51. The molecule has 0 aromatic carbocycles. The van der Waals surface area contributed by atoms with E-state index in [-0.39, 0.29) is 6.42 Å². The van der Waals surface area contributed by atoms with E-state index in [4.69, 9.17) is 10.2 Å². The van der Waals surface area contributed by atoms with Gasteiger partial charge in [0, 0.05) is 19.5 Å². The number of aliphatic carboxylic acids is 2. The Bertz CT molecular complexity index is 463. The summed E-state index contributed by atoms with van der Waals surface area (Å²) in [7, 11) is 0. The van der Waals surface area contributed by atoms with Crippen molar-refractivity contribution in [3.8, 4) is 0 Å². The SMILES string of the molecule is CCc1nnc(N(CCCC(=O)O)CC(C)C(=O)O)s1. The van der Waals surface area contributed by atoms with Crippen molar-refractivity contribution in [2.75, 3.05) is 18.0 Å². The van der Waals surface area contributed by atoms with Crippen LogP contribution in [-0.4, -0.2) is 45.4 Å². The number of hydrogen-bond donors (Lipinski definition) is 2. The number of hydrogen-bond acceptors (Lipinski definition) is 6. The van der Waals surface area contributed by atoms with Crippen LogP contribution in [0.5, 0.6) is 0 Å². The fourth-order valence-corrected chi connectivity index (χ4v) is 2.42. The highest BCUT2D eigenvalue weighted by molar-refractivity contribution is 7.15. The molecule has 2 N–H and O–H groups in total. The topological polar surface area (TPSA) is 104 Å². The fraction of sp³-hybridized carbons (Fsp3) is 0.667. The lowest BCUT2D eigenvalue weighted by Gasteiger charge is -2.22. The Morgan fingerprint density at radius 1 is 1.35 bits per heavy atom. The molecule has 1 unspecified atom stereocenters. The van der Waals surface area contributed by atoms with Crippen molar-refractivity contribution in [2.45, 2.75) is 33.1 Å². The van der Waals surface area contributed by atoms with Crippen LogP contribution in [0.4, 0.5) is 5.13 Å². The number of anilines is 1. The predicted octanol–water partition coefficient (Wildman–Crippen LogP) is 1.49. The van der Waals surface area contributed by atoms with Crippen LogP contribution in [0, 0.1) is 5.92 Å². The predicted molar refractivity (Wildman–Crippen MR) is 75.2 cm³/mol. The summed E-state index contributed by atoms with van der Waals surface area (Å²) in [6, 6.07) is 0. The van der Waals surface area contributed by atoms with Gasteiger partial charge in [0.15, 0.2) is 0 Å². The Morgan fingerprint density at radius 3 is 2.55 bits per heavy atom. The maximum Gasteiger partial charge on any atom is 0.308 e. The van der Waals surface area contributed by atoms with Crippen molar-refractivity contribution in [3.63, 3.8) is 0 Å². The summed E-state index contributed by atoms with van der Waals surface area (Å²) >= 11 is 1.42. The number of aromatic nitrogens is 2. The molecule has 0 spiro atoms. The van der Waals surface area contributed by atoms with Crippen molar-refractivity contribution < 1.29 is 19.8 Å². The van der Waals surface area contributed by atoms with Gasteiger partial charge in [0.2, 0.25) is 5.13 Å². The van der Waals surface area contributed by atoms with Crippen molar-refractivity contribution in [1.82, 2.24) is 10.2 Å². The fourth-order valence-electron chi connectivity index (χ4n) is 1.61. The first-order chi connectivity index (χ1) is 9.43. The summed E-state index contributed by atoms with van der Waals surface area (Å²) in [5, 5.41) is 27.3. The van der Waals surface area contributed by atoms with Crippen LogP contribution in [0.2, 0.25) is 0 Å². The third kappa shape index (κ3) is 5.12. The molecule has 1 aromatic rings. The van der Waals surface area contributed by atoms with Gasteiger partial charge in [0.25, 0.3) is 0 Å². The van der Waals surface area contributed by atoms with Gasteiger partial charge in [-0.3, -0.25) is 9.59 Å². The minimum Gasteiger partial charge on any atom is -0.481 e. The molecule has 112 valence electrons. The second kappa shape index (κ2) is 7.78. The van der Waals surface area contributed by atoms with Gasteiger partial charge in [-0.1, -0.05) is 25.2 Å². The van der Waals surface area contributed by atoms with E-state index in [1.54, 1.807) is 11.8 Å².